The maximum atomic E-state index is 12.9. The molecule has 0 atom stereocenters. The number of hydrogen-bond acceptors (Lipinski definition) is 2. The monoisotopic (exact) mass is 204 g/mol. The van der Waals surface area contributed by atoms with E-state index in [-0.39, 0.29) is 17.2 Å². The van der Waals surface area contributed by atoms with Crippen LogP contribution in [0.15, 0.2) is 18.2 Å². The summed E-state index contributed by atoms with van der Waals surface area (Å²) < 4.78 is 17.1. The molecule has 70 valence electrons. The molecule has 1 rings (SSSR count). The first-order chi connectivity index (χ1) is 6.11. The van der Waals surface area contributed by atoms with Crippen molar-refractivity contribution in [3.05, 3.63) is 34.6 Å². The summed E-state index contributed by atoms with van der Waals surface area (Å²) in [5.74, 6) is -0.575. The van der Waals surface area contributed by atoms with E-state index in [1.54, 1.807) is 0 Å². The summed E-state index contributed by atoms with van der Waals surface area (Å²) >= 11 is 5.60. The quantitative estimate of drug-likeness (QED) is 0.754. The van der Waals surface area contributed by atoms with Crippen LogP contribution in [0, 0.1) is 5.82 Å². The van der Waals surface area contributed by atoms with Crippen molar-refractivity contribution in [2.75, 3.05) is 0 Å². The molecule has 0 amide bonds. The van der Waals surface area contributed by atoms with Crippen molar-refractivity contribution < 1.29 is 19.0 Å². The Kier molecular flexibility index (Phi) is 3.08. The van der Waals surface area contributed by atoms with Crippen molar-refractivity contribution in [1.82, 2.24) is 0 Å². The van der Waals surface area contributed by atoms with E-state index >= 15 is 0 Å². The van der Waals surface area contributed by atoms with Crippen LogP contribution >= 0.6 is 11.6 Å². The third kappa shape index (κ3) is 2.59. The fraction of sp³-hybridized carbons (Fsp3) is 0.125. The SMILES string of the molecule is O=C(O)OCc1c(F)cccc1Cl. The van der Waals surface area contributed by atoms with Gasteiger partial charge in [-0.1, -0.05) is 17.7 Å². The van der Waals surface area contributed by atoms with Crippen LogP contribution in [0.5, 0.6) is 0 Å². The van der Waals surface area contributed by atoms with E-state index in [1.165, 1.54) is 18.2 Å². The minimum absolute atomic E-state index is 0.0477. The van der Waals surface area contributed by atoms with E-state index in [0.29, 0.717) is 0 Å². The fourth-order valence-electron chi connectivity index (χ4n) is 0.804. The Hall–Kier alpha value is -1.29. The average molecular weight is 205 g/mol. The van der Waals surface area contributed by atoms with Crippen LogP contribution in [0.1, 0.15) is 5.56 Å². The first-order valence-electron chi connectivity index (χ1n) is 3.40. The molecule has 0 aliphatic rings. The van der Waals surface area contributed by atoms with E-state index in [0.717, 1.165) is 0 Å². The third-order valence-corrected chi connectivity index (χ3v) is 1.76. The van der Waals surface area contributed by atoms with Gasteiger partial charge in [0.05, 0.1) is 5.02 Å². The number of carbonyl (C=O) groups is 1. The number of rotatable bonds is 2. The van der Waals surface area contributed by atoms with Gasteiger partial charge in [0.25, 0.3) is 0 Å². The highest BCUT2D eigenvalue weighted by molar-refractivity contribution is 6.31. The summed E-state index contributed by atoms with van der Waals surface area (Å²) in [6.45, 7) is -0.374. The van der Waals surface area contributed by atoms with Crippen LogP contribution in [-0.2, 0) is 11.3 Å². The number of carboxylic acid groups (broad SMARTS) is 1. The van der Waals surface area contributed by atoms with Gasteiger partial charge in [0.1, 0.15) is 12.4 Å². The van der Waals surface area contributed by atoms with Gasteiger partial charge < -0.3 is 9.84 Å². The van der Waals surface area contributed by atoms with E-state index in [9.17, 15) is 9.18 Å². The van der Waals surface area contributed by atoms with Gasteiger partial charge >= 0.3 is 6.16 Å². The van der Waals surface area contributed by atoms with Crippen molar-refractivity contribution in [2.45, 2.75) is 6.61 Å². The van der Waals surface area contributed by atoms with Crippen molar-refractivity contribution in [2.24, 2.45) is 0 Å². The van der Waals surface area contributed by atoms with Crippen molar-refractivity contribution in [1.29, 1.82) is 0 Å². The molecular weight excluding hydrogens is 199 g/mol. The van der Waals surface area contributed by atoms with E-state index in [2.05, 4.69) is 4.74 Å². The lowest BCUT2D eigenvalue weighted by molar-refractivity contribution is 0.0845. The first kappa shape index (κ1) is 9.80. The highest BCUT2D eigenvalue weighted by Crippen LogP contribution is 2.19. The molecule has 0 saturated carbocycles. The lowest BCUT2D eigenvalue weighted by Crippen LogP contribution is -2.02. The number of ether oxygens (including phenoxy) is 1. The Labute approximate surface area is 78.7 Å². The zero-order valence-electron chi connectivity index (χ0n) is 6.46. The molecule has 1 aromatic rings. The summed E-state index contributed by atoms with van der Waals surface area (Å²) in [7, 11) is 0. The molecule has 0 aromatic heterocycles. The lowest BCUT2D eigenvalue weighted by atomic mass is 10.2. The van der Waals surface area contributed by atoms with Crippen LogP contribution in [0.3, 0.4) is 0 Å². The Morgan fingerprint density at radius 3 is 2.85 bits per heavy atom. The molecule has 0 aliphatic carbocycles. The summed E-state index contributed by atoms with van der Waals surface area (Å²) in [6.07, 6.45) is -1.46. The predicted octanol–water partition coefficient (Wildman–Crippen LogP) is 2.67. The molecule has 13 heavy (non-hydrogen) atoms. The number of halogens is 2. The van der Waals surface area contributed by atoms with Crippen molar-refractivity contribution in [3.8, 4) is 0 Å². The van der Waals surface area contributed by atoms with Gasteiger partial charge in [-0.05, 0) is 12.1 Å². The van der Waals surface area contributed by atoms with Crippen molar-refractivity contribution in [3.63, 3.8) is 0 Å². The molecular formula is C8H6ClFO3. The van der Waals surface area contributed by atoms with Crippen LogP contribution in [0.25, 0.3) is 0 Å². The molecule has 5 heteroatoms. The molecule has 0 aliphatic heterocycles. The fourth-order valence-corrected chi connectivity index (χ4v) is 1.02. The van der Waals surface area contributed by atoms with Gasteiger partial charge in [-0.3, -0.25) is 0 Å². The van der Waals surface area contributed by atoms with Gasteiger partial charge in [-0.15, -0.1) is 0 Å². The average Bonchev–Trinajstić information content (AvgIpc) is 2.03. The van der Waals surface area contributed by atoms with Gasteiger partial charge in [0.2, 0.25) is 0 Å². The van der Waals surface area contributed by atoms with Gasteiger partial charge in [0.15, 0.2) is 0 Å². The molecule has 1 aromatic carbocycles. The lowest BCUT2D eigenvalue weighted by Gasteiger charge is -2.04. The predicted molar refractivity (Wildman–Crippen MR) is 44.2 cm³/mol. The Morgan fingerprint density at radius 2 is 2.31 bits per heavy atom. The summed E-state index contributed by atoms with van der Waals surface area (Å²) in [6, 6.07) is 4.08. The van der Waals surface area contributed by atoms with Crippen molar-refractivity contribution >= 4 is 17.8 Å². The molecule has 3 nitrogen and oxygen atoms in total. The molecule has 0 fully saturated rings. The number of hydrogen-bond donors (Lipinski definition) is 1. The van der Waals surface area contributed by atoms with Gasteiger partial charge in [0, 0.05) is 5.56 Å². The zero-order valence-corrected chi connectivity index (χ0v) is 7.21. The molecule has 0 bridgehead atoms. The van der Waals surface area contributed by atoms with Crippen LogP contribution in [0.2, 0.25) is 5.02 Å². The van der Waals surface area contributed by atoms with E-state index in [1.807, 2.05) is 0 Å². The van der Waals surface area contributed by atoms with Crippen LogP contribution in [0.4, 0.5) is 9.18 Å². The first-order valence-corrected chi connectivity index (χ1v) is 3.77. The molecule has 0 saturated heterocycles. The zero-order chi connectivity index (χ0) is 9.84. The van der Waals surface area contributed by atoms with Gasteiger partial charge in [-0.25, -0.2) is 9.18 Å². The second-order valence-electron chi connectivity index (χ2n) is 2.25. The molecule has 0 unspecified atom stereocenters. The summed E-state index contributed by atoms with van der Waals surface area (Å²) in [4.78, 5) is 10.0. The second-order valence-corrected chi connectivity index (χ2v) is 2.66. The highest BCUT2D eigenvalue weighted by atomic mass is 35.5. The Bertz CT molecular complexity index is 307. The third-order valence-electron chi connectivity index (χ3n) is 1.40. The van der Waals surface area contributed by atoms with E-state index < -0.39 is 12.0 Å². The topological polar surface area (TPSA) is 46.5 Å². The second kappa shape index (κ2) is 4.09. The normalized spacial score (nSPS) is 9.69. The molecule has 0 radical (unpaired) electrons. The minimum atomic E-state index is -1.46. The maximum absolute atomic E-state index is 12.9. The highest BCUT2D eigenvalue weighted by Gasteiger charge is 2.08. The maximum Gasteiger partial charge on any atom is 0.506 e. The Balaban J connectivity index is 2.81. The van der Waals surface area contributed by atoms with Crippen LogP contribution in [-0.4, -0.2) is 11.3 Å². The molecule has 0 spiro atoms. The smallest absolute Gasteiger partial charge is 0.450 e. The minimum Gasteiger partial charge on any atom is -0.450 e. The van der Waals surface area contributed by atoms with Gasteiger partial charge in [-0.2, -0.15) is 0 Å². The summed E-state index contributed by atoms with van der Waals surface area (Å²) in [5.41, 5.74) is 0.0477. The standard InChI is InChI=1S/C8H6ClFO3/c9-6-2-1-3-7(10)5(6)4-13-8(11)12/h1-3H,4H2,(H,11,12). The largest absolute Gasteiger partial charge is 0.506 e. The van der Waals surface area contributed by atoms with E-state index in [4.69, 9.17) is 16.7 Å². The summed E-state index contributed by atoms with van der Waals surface area (Å²) in [5, 5.41) is 8.32. The van der Waals surface area contributed by atoms with Crippen LogP contribution < -0.4 is 0 Å². The molecule has 0 heterocycles. The number of benzene rings is 1. The Morgan fingerprint density at radius 1 is 1.62 bits per heavy atom. The molecule has 1 N–H and O–H groups in total.